The van der Waals surface area contributed by atoms with E-state index in [4.69, 9.17) is 0 Å². The predicted molar refractivity (Wildman–Crippen MR) is 65.6 cm³/mol. The highest BCUT2D eigenvalue weighted by molar-refractivity contribution is 8.08. The molecule has 0 atom stereocenters. The summed E-state index contributed by atoms with van der Waals surface area (Å²) in [4.78, 5) is 1.46. The third-order valence-corrected chi connectivity index (χ3v) is 3.72. The van der Waals surface area contributed by atoms with E-state index in [-0.39, 0.29) is 0 Å². The van der Waals surface area contributed by atoms with Crippen LogP contribution < -0.4 is 0 Å². The topological polar surface area (TPSA) is 0 Å². The van der Waals surface area contributed by atoms with Gasteiger partial charge >= 0.3 is 0 Å². The van der Waals surface area contributed by atoms with Gasteiger partial charge in [-0.2, -0.15) is 0 Å². The lowest BCUT2D eigenvalue weighted by Crippen LogP contribution is -1.87. The van der Waals surface area contributed by atoms with Gasteiger partial charge in [0.2, 0.25) is 0 Å². The van der Waals surface area contributed by atoms with E-state index in [0.717, 1.165) is 0 Å². The molecule has 14 heavy (non-hydrogen) atoms. The van der Waals surface area contributed by atoms with Crippen LogP contribution in [0.15, 0.2) is 30.3 Å². The third-order valence-electron chi connectivity index (χ3n) is 2.57. The van der Waals surface area contributed by atoms with Gasteiger partial charge in [-0.25, -0.2) is 0 Å². The Bertz CT molecular complexity index is 333. The maximum absolute atomic E-state index is 2.34. The summed E-state index contributed by atoms with van der Waals surface area (Å²) in [6.45, 7) is 4.47. The van der Waals surface area contributed by atoms with Crippen molar-refractivity contribution in [3.8, 4) is 0 Å². The first kappa shape index (κ1) is 9.85. The smallest absolute Gasteiger partial charge is 0.0105 e. The quantitative estimate of drug-likeness (QED) is 0.692. The van der Waals surface area contributed by atoms with Crippen LogP contribution in [-0.2, 0) is 0 Å². The minimum Gasteiger partial charge on any atom is -0.126 e. The van der Waals surface area contributed by atoms with Gasteiger partial charge in [0.15, 0.2) is 0 Å². The monoisotopic (exact) mass is 204 g/mol. The molecule has 0 aliphatic carbocycles. The highest BCUT2D eigenvalue weighted by Gasteiger charge is 2.07. The molecular weight excluding hydrogens is 188 g/mol. The molecule has 2 rings (SSSR count). The average Bonchev–Trinajstić information content (AvgIpc) is 2.71. The van der Waals surface area contributed by atoms with Crippen molar-refractivity contribution < 1.29 is 0 Å². The Balaban J connectivity index is 2.21. The second-order valence-corrected chi connectivity index (χ2v) is 5.12. The second kappa shape index (κ2) is 4.22. The molecule has 0 unspecified atom stereocenters. The molecule has 1 heterocycles. The molecule has 0 aromatic heterocycles. The lowest BCUT2D eigenvalue weighted by molar-refractivity contribution is 0.866. The number of hydrogen-bond acceptors (Lipinski definition) is 1. The van der Waals surface area contributed by atoms with Crippen molar-refractivity contribution in [2.75, 3.05) is 5.75 Å². The predicted octanol–water partition coefficient (Wildman–Crippen LogP) is 4.29. The van der Waals surface area contributed by atoms with Crippen LogP contribution in [0.3, 0.4) is 0 Å². The summed E-state index contributed by atoms with van der Waals surface area (Å²) in [5.74, 6) is 1.88. The molecule has 0 fully saturated rings. The van der Waals surface area contributed by atoms with E-state index < -0.39 is 0 Å². The zero-order valence-electron chi connectivity index (χ0n) is 8.79. The number of benzene rings is 1. The van der Waals surface area contributed by atoms with Crippen molar-refractivity contribution in [1.82, 2.24) is 0 Å². The highest BCUT2D eigenvalue weighted by Crippen LogP contribution is 2.34. The van der Waals surface area contributed by atoms with E-state index in [1.54, 1.807) is 0 Å². The van der Waals surface area contributed by atoms with Gasteiger partial charge in [0.25, 0.3) is 0 Å². The maximum Gasteiger partial charge on any atom is 0.0105 e. The highest BCUT2D eigenvalue weighted by atomic mass is 32.2. The molecule has 0 amide bonds. The molecule has 0 nitrogen and oxygen atoms in total. The Morgan fingerprint density at radius 3 is 2.36 bits per heavy atom. The summed E-state index contributed by atoms with van der Waals surface area (Å²) < 4.78 is 0. The van der Waals surface area contributed by atoms with E-state index in [2.05, 4.69) is 44.2 Å². The summed E-state index contributed by atoms with van der Waals surface area (Å²) in [7, 11) is 0. The second-order valence-electron chi connectivity index (χ2n) is 3.98. The third kappa shape index (κ3) is 2.03. The van der Waals surface area contributed by atoms with E-state index in [1.165, 1.54) is 28.2 Å². The molecule has 74 valence electrons. The van der Waals surface area contributed by atoms with Gasteiger partial charge in [-0.15, -0.1) is 11.8 Å². The number of hydrogen-bond donors (Lipinski definition) is 0. The van der Waals surface area contributed by atoms with E-state index >= 15 is 0 Å². The summed E-state index contributed by atoms with van der Waals surface area (Å²) >= 11 is 1.97. The molecule has 0 N–H and O–H groups in total. The van der Waals surface area contributed by atoms with Crippen molar-refractivity contribution in [3.05, 3.63) is 41.5 Å². The Kier molecular flexibility index (Phi) is 2.97. The summed E-state index contributed by atoms with van der Waals surface area (Å²) in [6, 6.07) is 9.00. The van der Waals surface area contributed by atoms with Crippen molar-refractivity contribution in [1.29, 1.82) is 0 Å². The summed E-state index contributed by atoms with van der Waals surface area (Å²) in [5.41, 5.74) is 2.81. The van der Waals surface area contributed by atoms with Crippen molar-refractivity contribution in [3.63, 3.8) is 0 Å². The normalized spacial score (nSPS) is 16.1. The fourth-order valence-electron chi connectivity index (χ4n) is 1.65. The van der Waals surface area contributed by atoms with Crippen LogP contribution in [-0.4, -0.2) is 5.75 Å². The molecule has 1 aliphatic rings. The molecular formula is C13H16S. The van der Waals surface area contributed by atoms with Crippen molar-refractivity contribution in [2.45, 2.75) is 26.2 Å². The van der Waals surface area contributed by atoms with Crippen LogP contribution in [0, 0.1) is 0 Å². The molecule has 1 aromatic rings. The largest absolute Gasteiger partial charge is 0.126 e. The number of rotatable bonds is 2. The first-order chi connectivity index (χ1) is 6.77. The Morgan fingerprint density at radius 2 is 1.86 bits per heavy atom. The first-order valence-electron chi connectivity index (χ1n) is 5.20. The van der Waals surface area contributed by atoms with Gasteiger partial charge in [0.1, 0.15) is 0 Å². The van der Waals surface area contributed by atoms with Gasteiger partial charge in [0.05, 0.1) is 0 Å². The lowest BCUT2D eigenvalue weighted by atomic mass is 10.0. The number of thioether (sulfide) groups is 1. The molecule has 0 bridgehead atoms. The average molecular weight is 204 g/mol. The van der Waals surface area contributed by atoms with Crippen LogP contribution >= 0.6 is 11.8 Å². The van der Waals surface area contributed by atoms with Crippen LogP contribution in [0.25, 0.3) is 4.91 Å². The fraction of sp³-hybridized carbons (Fsp3) is 0.385. The summed E-state index contributed by atoms with van der Waals surface area (Å²) in [6.07, 6.45) is 3.57. The lowest BCUT2D eigenvalue weighted by Gasteiger charge is -2.06. The Hall–Kier alpha value is -0.690. The fourth-order valence-corrected chi connectivity index (χ4v) is 2.65. The Morgan fingerprint density at radius 1 is 1.14 bits per heavy atom. The molecule has 1 aromatic carbocycles. The Labute approximate surface area is 90.4 Å². The minimum absolute atomic E-state index is 0.634. The SMILES string of the molecule is CC(C)c1ccc(C2=CCCS2)cc1. The van der Waals surface area contributed by atoms with E-state index in [9.17, 15) is 0 Å². The van der Waals surface area contributed by atoms with E-state index in [1.807, 2.05) is 11.8 Å². The summed E-state index contributed by atoms with van der Waals surface area (Å²) in [5, 5.41) is 0. The van der Waals surface area contributed by atoms with E-state index in [0.29, 0.717) is 5.92 Å². The molecule has 1 aliphatic heterocycles. The van der Waals surface area contributed by atoms with Crippen LogP contribution in [0.4, 0.5) is 0 Å². The zero-order valence-corrected chi connectivity index (χ0v) is 9.60. The molecule has 1 heteroatoms. The zero-order chi connectivity index (χ0) is 9.97. The molecule has 0 saturated carbocycles. The molecule has 0 saturated heterocycles. The van der Waals surface area contributed by atoms with Crippen molar-refractivity contribution >= 4 is 16.7 Å². The first-order valence-corrected chi connectivity index (χ1v) is 6.19. The van der Waals surface area contributed by atoms with Gasteiger partial charge in [-0.05, 0) is 23.5 Å². The standard InChI is InChI=1S/C13H16S/c1-10(2)11-5-7-12(8-6-11)13-4-3-9-14-13/h4-8,10H,3,9H2,1-2H3. The van der Waals surface area contributed by atoms with Crippen LogP contribution in [0.2, 0.25) is 0 Å². The van der Waals surface area contributed by atoms with Gasteiger partial charge < -0.3 is 0 Å². The minimum atomic E-state index is 0.634. The van der Waals surface area contributed by atoms with Gasteiger partial charge in [-0.1, -0.05) is 44.2 Å². The molecule has 0 spiro atoms. The van der Waals surface area contributed by atoms with Gasteiger partial charge in [0, 0.05) is 10.7 Å². The van der Waals surface area contributed by atoms with Gasteiger partial charge in [-0.3, -0.25) is 0 Å². The van der Waals surface area contributed by atoms with Crippen molar-refractivity contribution in [2.24, 2.45) is 0 Å². The molecule has 0 radical (unpaired) electrons. The maximum atomic E-state index is 2.34. The van der Waals surface area contributed by atoms with Crippen LogP contribution in [0.1, 0.15) is 37.3 Å². The van der Waals surface area contributed by atoms with Crippen LogP contribution in [0.5, 0.6) is 0 Å². The number of allylic oxidation sites excluding steroid dienone is 1.